The molecular weight excluding hydrogens is 308 g/mol. The molecule has 1 rings (SSSR count). The summed E-state index contributed by atoms with van der Waals surface area (Å²) in [6.07, 6.45) is 1.91. The Balaban J connectivity index is 2.63. The largest absolute Gasteiger partial charge is 0.395 e. The molecule has 0 aliphatic heterocycles. The molecule has 0 aliphatic carbocycles. The number of nitriles is 1. The Hall–Kier alpha value is -1.07. The van der Waals surface area contributed by atoms with Crippen LogP contribution in [0.2, 0.25) is 0 Å². The lowest BCUT2D eigenvalue weighted by Gasteiger charge is -2.21. The normalized spacial score (nSPS) is 14.4. The van der Waals surface area contributed by atoms with Gasteiger partial charge in [-0.1, -0.05) is 6.07 Å². The number of sulfone groups is 1. The second-order valence-corrected chi connectivity index (χ2v) is 7.84. The van der Waals surface area contributed by atoms with E-state index < -0.39 is 9.84 Å². The average molecular weight is 328 g/mol. The SMILES string of the molecule is CSC(CO)C(C)NCCS(=O)(=O)c1cccc(C#N)c1. The van der Waals surface area contributed by atoms with Crippen molar-refractivity contribution in [2.24, 2.45) is 0 Å². The molecule has 0 spiro atoms. The van der Waals surface area contributed by atoms with Crippen LogP contribution in [0.1, 0.15) is 12.5 Å². The molecule has 116 valence electrons. The number of rotatable bonds is 8. The van der Waals surface area contributed by atoms with Gasteiger partial charge in [0.25, 0.3) is 0 Å². The zero-order chi connectivity index (χ0) is 15.9. The molecule has 1 aromatic rings. The number of aliphatic hydroxyl groups is 1. The third kappa shape index (κ3) is 5.32. The Morgan fingerprint density at radius 2 is 2.19 bits per heavy atom. The first-order valence-corrected chi connectivity index (χ1v) is 9.48. The zero-order valence-electron chi connectivity index (χ0n) is 12.1. The maximum Gasteiger partial charge on any atom is 0.179 e. The molecule has 0 bridgehead atoms. The third-order valence-electron chi connectivity index (χ3n) is 3.20. The predicted molar refractivity (Wildman–Crippen MR) is 85.1 cm³/mol. The molecule has 0 saturated carbocycles. The summed E-state index contributed by atoms with van der Waals surface area (Å²) in [5.74, 6) is -0.0429. The lowest BCUT2D eigenvalue weighted by molar-refractivity contribution is 0.277. The van der Waals surface area contributed by atoms with Crippen molar-refractivity contribution in [3.63, 3.8) is 0 Å². The van der Waals surface area contributed by atoms with Crippen LogP contribution in [0, 0.1) is 11.3 Å². The smallest absolute Gasteiger partial charge is 0.179 e. The van der Waals surface area contributed by atoms with Crippen LogP contribution in [-0.4, -0.2) is 50.0 Å². The van der Waals surface area contributed by atoms with Crippen molar-refractivity contribution in [1.29, 1.82) is 5.26 Å². The summed E-state index contributed by atoms with van der Waals surface area (Å²) in [4.78, 5) is 0.166. The highest BCUT2D eigenvalue weighted by Gasteiger charge is 2.18. The van der Waals surface area contributed by atoms with E-state index in [1.165, 1.54) is 23.9 Å². The number of aliphatic hydroxyl groups excluding tert-OH is 1. The summed E-state index contributed by atoms with van der Waals surface area (Å²) in [5, 5.41) is 21.1. The molecule has 2 unspecified atom stereocenters. The Kier molecular flexibility index (Phi) is 7.18. The van der Waals surface area contributed by atoms with Crippen LogP contribution in [0.5, 0.6) is 0 Å². The highest BCUT2D eigenvalue weighted by atomic mass is 32.2. The van der Waals surface area contributed by atoms with Crippen LogP contribution in [0.4, 0.5) is 0 Å². The molecule has 0 aliphatic rings. The molecule has 0 fully saturated rings. The van der Waals surface area contributed by atoms with Gasteiger partial charge in [-0.2, -0.15) is 17.0 Å². The van der Waals surface area contributed by atoms with Gasteiger partial charge in [0, 0.05) is 17.8 Å². The molecule has 21 heavy (non-hydrogen) atoms. The maximum absolute atomic E-state index is 12.2. The van der Waals surface area contributed by atoms with Crippen LogP contribution < -0.4 is 5.32 Å². The number of thioether (sulfide) groups is 1. The van der Waals surface area contributed by atoms with Gasteiger partial charge in [-0.15, -0.1) is 0 Å². The van der Waals surface area contributed by atoms with Crippen LogP contribution in [0.25, 0.3) is 0 Å². The van der Waals surface area contributed by atoms with Gasteiger partial charge in [0.15, 0.2) is 9.84 Å². The van der Waals surface area contributed by atoms with Crippen molar-refractivity contribution in [1.82, 2.24) is 5.32 Å². The molecule has 0 radical (unpaired) electrons. The molecule has 0 amide bonds. The molecule has 5 nitrogen and oxygen atoms in total. The number of nitrogens with zero attached hydrogens (tertiary/aromatic N) is 1. The first-order chi connectivity index (χ1) is 9.94. The minimum Gasteiger partial charge on any atom is -0.395 e. The summed E-state index contributed by atoms with van der Waals surface area (Å²) >= 11 is 1.54. The van der Waals surface area contributed by atoms with Gasteiger partial charge in [-0.25, -0.2) is 8.42 Å². The highest BCUT2D eigenvalue weighted by molar-refractivity contribution is 7.99. The molecule has 2 N–H and O–H groups in total. The quantitative estimate of drug-likeness (QED) is 0.741. The fourth-order valence-corrected chi connectivity index (χ4v) is 3.73. The van der Waals surface area contributed by atoms with Crippen molar-refractivity contribution < 1.29 is 13.5 Å². The average Bonchev–Trinajstić information content (AvgIpc) is 2.48. The Morgan fingerprint density at radius 3 is 2.76 bits per heavy atom. The summed E-state index contributed by atoms with van der Waals surface area (Å²) < 4.78 is 24.4. The second-order valence-electron chi connectivity index (χ2n) is 4.66. The zero-order valence-corrected chi connectivity index (χ0v) is 13.7. The maximum atomic E-state index is 12.2. The topological polar surface area (TPSA) is 90.2 Å². The van der Waals surface area contributed by atoms with E-state index in [4.69, 9.17) is 5.26 Å². The van der Waals surface area contributed by atoms with Gasteiger partial charge in [0.05, 0.1) is 28.9 Å². The van der Waals surface area contributed by atoms with Crippen molar-refractivity contribution >= 4 is 21.6 Å². The fourth-order valence-electron chi connectivity index (χ4n) is 1.87. The Bertz CT molecular complexity index is 592. The standard InChI is InChI=1S/C14H20N2O3S2/c1-11(14(10-17)20-2)16-6-7-21(18,19)13-5-3-4-12(8-13)9-15/h3-5,8,11,14,16-17H,6-7,10H2,1-2H3. The van der Waals surface area contributed by atoms with E-state index in [1.54, 1.807) is 12.1 Å². The van der Waals surface area contributed by atoms with Crippen molar-refractivity contribution in [3.8, 4) is 6.07 Å². The highest BCUT2D eigenvalue weighted by Crippen LogP contribution is 2.13. The third-order valence-corrected chi connectivity index (χ3v) is 6.08. The Morgan fingerprint density at radius 1 is 1.48 bits per heavy atom. The molecule has 7 heteroatoms. The van der Waals surface area contributed by atoms with Gasteiger partial charge >= 0.3 is 0 Å². The van der Waals surface area contributed by atoms with Crippen molar-refractivity contribution in [2.45, 2.75) is 23.1 Å². The van der Waals surface area contributed by atoms with E-state index >= 15 is 0 Å². The first kappa shape index (κ1) is 18.0. The fraction of sp³-hybridized carbons (Fsp3) is 0.500. The molecule has 0 heterocycles. The summed E-state index contributed by atoms with van der Waals surface area (Å²) in [5.41, 5.74) is 0.333. The monoisotopic (exact) mass is 328 g/mol. The molecule has 0 saturated heterocycles. The Labute approximate surface area is 130 Å². The number of hydrogen-bond donors (Lipinski definition) is 2. The lowest BCUT2D eigenvalue weighted by atomic mass is 10.2. The van der Waals surface area contributed by atoms with Crippen LogP contribution in [0.15, 0.2) is 29.2 Å². The summed E-state index contributed by atoms with van der Waals surface area (Å²) in [6, 6.07) is 7.98. The lowest BCUT2D eigenvalue weighted by Crippen LogP contribution is -2.39. The van der Waals surface area contributed by atoms with E-state index in [0.29, 0.717) is 12.1 Å². The molecular formula is C14H20N2O3S2. The minimum absolute atomic E-state index is 0.0191. The van der Waals surface area contributed by atoms with E-state index in [-0.39, 0.29) is 28.5 Å². The second kappa shape index (κ2) is 8.39. The van der Waals surface area contributed by atoms with Gasteiger partial charge in [0.2, 0.25) is 0 Å². The number of benzene rings is 1. The predicted octanol–water partition coefficient (Wildman–Crippen LogP) is 1.03. The number of nitrogens with one attached hydrogen (secondary N) is 1. The van der Waals surface area contributed by atoms with E-state index in [1.807, 2.05) is 19.2 Å². The van der Waals surface area contributed by atoms with Crippen LogP contribution in [-0.2, 0) is 9.84 Å². The summed E-state index contributed by atoms with van der Waals surface area (Å²) in [6.45, 7) is 2.27. The van der Waals surface area contributed by atoms with Crippen molar-refractivity contribution in [2.75, 3.05) is 25.2 Å². The van der Waals surface area contributed by atoms with E-state index in [0.717, 1.165) is 0 Å². The first-order valence-electron chi connectivity index (χ1n) is 6.54. The molecule has 2 atom stereocenters. The number of hydrogen-bond acceptors (Lipinski definition) is 6. The van der Waals surface area contributed by atoms with Crippen LogP contribution >= 0.6 is 11.8 Å². The summed E-state index contributed by atoms with van der Waals surface area (Å²) in [7, 11) is -3.41. The van der Waals surface area contributed by atoms with Crippen molar-refractivity contribution in [3.05, 3.63) is 29.8 Å². The van der Waals surface area contributed by atoms with E-state index in [2.05, 4.69) is 5.32 Å². The molecule has 0 aromatic heterocycles. The van der Waals surface area contributed by atoms with E-state index in [9.17, 15) is 13.5 Å². The van der Waals surface area contributed by atoms with Crippen LogP contribution in [0.3, 0.4) is 0 Å². The minimum atomic E-state index is -3.41. The van der Waals surface area contributed by atoms with Gasteiger partial charge in [-0.05, 0) is 31.4 Å². The van der Waals surface area contributed by atoms with Gasteiger partial charge < -0.3 is 10.4 Å². The van der Waals surface area contributed by atoms with Gasteiger partial charge in [0.1, 0.15) is 0 Å². The van der Waals surface area contributed by atoms with Gasteiger partial charge in [-0.3, -0.25) is 0 Å². The molecule has 1 aromatic carbocycles.